The molecule has 2 aromatic rings. The summed E-state index contributed by atoms with van der Waals surface area (Å²) in [5.74, 6) is 1.67. The number of hydrogen-bond acceptors (Lipinski definition) is 3. The number of amides is 1. The first-order valence-corrected chi connectivity index (χ1v) is 11.3. The fraction of sp³-hybridized carbons (Fsp3) is 0.500. The molecule has 0 aliphatic rings. The van der Waals surface area contributed by atoms with Crippen LogP contribution < -0.4 is 9.47 Å². The molecule has 2 aromatic carbocycles. The Morgan fingerprint density at radius 3 is 2.33 bits per heavy atom. The number of carbonyl (C=O) groups is 1. The van der Waals surface area contributed by atoms with Gasteiger partial charge in [0.1, 0.15) is 6.61 Å². The standard InChI is InChI=1S/C26H37NO3/c1-4-6-8-12-15-26(28)27(18-7-5-2)20-23-16-17-24(25(19-23)29-3)30-21-22-13-10-9-11-14-22/h9-11,13-14,16-17,19H,4-8,12,15,18,20-21H2,1-3H3. The average Bonchev–Trinajstić information content (AvgIpc) is 2.78. The molecule has 30 heavy (non-hydrogen) atoms. The summed E-state index contributed by atoms with van der Waals surface area (Å²) in [5, 5.41) is 0. The predicted octanol–water partition coefficient (Wildman–Crippen LogP) is 6.37. The van der Waals surface area contributed by atoms with Gasteiger partial charge in [0, 0.05) is 19.5 Å². The van der Waals surface area contributed by atoms with Gasteiger partial charge in [0.15, 0.2) is 11.5 Å². The van der Waals surface area contributed by atoms with Crippen LogP contribution in [0.3, 0.4) is 0 Å². The zero-order valence-corrected chi connectivity index (χ0v) is 18.9. The van der Waals surface area contributed by atoms with Crippen LogP contribution in [-0.4, -0.2) is 24.5 Å². The SMILES string of the molecule is CCCCCCC(=O)N(CCCC)Cc1ccc(OCc2ccccc2)c(OC)c1. The van der Waals surface area contributed by atoms with Crippen molar-refractivity contribution < 1.29 is 14.3 Å². The number of methoxy groups -OCH3 is 1. The second kappa shape index (κ2) is 13.7. The molecule has 0 atom stereocenters. The van der Waals surface area contributed by atoms with Gasteiger partial charge in [-0.2, -0.15) is 0 Å². The molecule has 0 N–H and O–H groups in total. The summed E-state index contributed by atoms with van der Waals surface area (Å²) in [5.41, 5.74) is 2.18. The Hall–Kier alpha value is -2.49. The molecule has 0 saturated heterocycles. The highest BCUT2D eigenvalue weighted by molar-refractivity contribution is 5.76. The van der Waals surface area contributed by atoms with Crippen LogP contribution in [0, 0.1) is 0 Å². The minimum atomic E-state index is 0.253. The molecule has 164 valence electrons. The average molecular weight is 412 g/mol. The van der Waals surface area contributed by atoms with Gasteiger partial charge in [0.25, 0.3) is 0 Å². The molecule has 2 rings (SSSR count). The first kappa shape index (κ1) is 23.8. The Morgan fingerprint density at radius 2 is 1.63 bits per heavy atom. The summed E-state index contributed by atoms with van der Waals surface area (Å²) in [6.07, 6.45) is 7.23. The van der Waals surface area contributed by atoms with Gasteiger partial charge in [-0.25, -0.2) is 0 Å². The molecule has 0 spiro atoms. The molecular formula is C26H37NO3. The van der Waals surface area contributed by atoms with Gasteiger partial charge in [0.2, 0.25) is 5.91 Å². The highest BCUT2D eigenvalue weighted by Crippen LogP contribution is 2.29. The summed E-state index contributed by atoms with van der Waals surface area (Å²) in [6.45, 7) is 6.26. The number of benzene rings is 2. The third-order valence-corrected chi connectivity index (χ3v) is 5.22. The molecule has 0 fully saturated rings. The van der Waals surface area contributed by atoms with Crippen molar-refractivity contribution in [3.63, 3.8) is 0 Å². The van der Waals surface area contributed by atoms with E-state index in [4.69, 9.17) is 9.47 Å². The zero-order chi connectivity index (χ0) is 21.6. The van der Waals surface area contributed by atoms with E-state index in [0.717, 1.165) is 49.1 Å². The third-order valence-electron chi connectivity index (χ3n) is 5.22. The Morgan fingerprint density at radius 1 is 0.867 bits per heavy atom. The maximum atomic E-state index is 12.8. The fourth-order valence-corrected chi connectivity index (χ4v) is 3.39. The molecule has 0 bridgehead atoms. The van der Waals surface area contributed by atoms with Crippen molar-refractivity contribution in [1.29, 1.82) is 0 Å². The first-order chi connectivity index (χ1) is 14.7. The largest absolute Gasteiger partial charge is 0.493 e. The van der Waals surface area contributed by atoms with Crippen LogP contribution in [-0.2, 0) is 17.9 Å². The molecule has 4 nitrogen and oxygen atoms in total. The Kier molecular flexibility index (Phi) is 10.8. The minimum absolute atomic E-state index is 0.253. The van der Waals surface area contributed by atoms with E-state index in [0.29, 0.717) is 25.3 Å². The number of rotatable bonds is 14. The van der Waals surface area contributed by atoms with Crippen molar-refractivity contribution in [2.75, 3.05) is 13.7 Å². The minimum Gasteiger partial charge on any atom is -0.493 e. The monoisotopic (exact) mass is 411 g/mol. The second-order valence-corrected chi connectivity index (χ2v) is 7.74. The summed E-state index contributed by atoms with van der Waals surface area (Å²) >= 11 is 0. The van der Waals surface area contributed by atoms with E-state index in [2.05, 4.69) is 13.8 Å². The molecule has 0 unspecified atom stereocenters. The molecule has 1 amide bonds. The topological polar surface area (TPSA) is 38.8 Å². The van der Waals surface area contributed by atoms with Crippen molar-refractivity contribution in [3.8, 4) is 11.5 Å². The van der Waals surface area contributed by atoms with Crippen LogP contribution in [0.4, 0.5) is 0 Å². The lowest BCUT2D eigenvalue weighted by Gasteiger charge is -2.23. The predicted molar refractivity (Wildman–Crippen MR) is 123 cm³/mol. The Balaban J connectivity index is 2.01. The van der Waals surface area contributed by atoms with Crippen LogP contribution in [0.25, 0.3) is 0 Å². The van der Waals surface area contributed by atoms with E-state index in [1.165, 1.54) is 12.8 Å². The molecule has 0 aliphatic carbocycles. The van der Waals surface area contributed by atoms with Gasteiger partial charge in [0.05, 0.1) is 7.11 Å². The molecule has 0 heterocycles. The van der Waals surface area contributed by atoms with Crippen molar-refractivity contribution >= 4 is 5.91 Å². The highest BCUT2D eigenvalue weighted by Gasteiger charge is 2.15. The Bertz CT molecular complexity index is 745. The number of ether oxygens (including phenoxy) is 2. The van der Waals surface area contributed by atoms with Gasteiger partial charge in [-0.1, -0.05) is 75.9 Å². The first-order valence-electron chi connectivity index (χ1n) is 11.3. The lowest BCUT2D eigenvalue weighted by atomic mass is 10.1. The van der Waals surface area contributed by atoms with E-state index < -0.39 is 0 Å². The van der Waals surface area contributed by atoms with Crippen LogP contribution in [0.15, 0.2) is 48.5 Å². The van der Waals surface area contributed by atoms with E-state index in [1.54, 1.807) is 7.11 Å². The lowest BCUT2D eigenvalue weighted by molar-refractivity contribution is -0.132. The van der Waals surface area contributed by atoms with E-state index >= 15 is 0 Å². The van der Waals surface area contributed by atoms with E-state index in [9.17, 15) is 4.79 Å². The van der Waals surface area contributed by atoms with Crippen molar-refractivity contribution in [3.05, 3.63) is 59.7 Å². The smallest absolute Gasteiger partial charge is 0.222 e. The van der Waals surface area contributed by atoms with E-state index in [-0.39, 0.29) is 5.91 Å². The van der Waals surface area contributed by atoms with Crippen LogP contribution in [0.1, 0.15) is 69.9 Å². The lowest BCUT2D eigenvalue weighted by Crippen LogP contribution is -2.31. The van der Waals surface area contributed by atoms with Crippen molar-refractivity contribution in [1.82, 2.24) is 4.90 Å². The highest BCUT2D eigenvalue weighted by atomic mass is 16.5. The third kappa shape index (κ3) is 8.10. The normalized spacial score (nSPS) is 10.6. The number of hydrogen-bond donors (Lipinski definition) is 0. The summed E-state index contributed by atoms with van der Waals surface area (Å²) in [7, 11) is 1.65. The van der Waals surface area contributed by atoms with Crippen LogP contribution in [0.2, 0.25) is 0 Å². The van der Waals surface area contributed by atoms with Crippen molar-refractivity contribution in [2.24, 2.45) is 0 Å². The van der Waals surface area contributed by atoms with Crippen LogP contribution in [0.5, 0.6) is 11.5 Å². The summed E-state index contributed by atoms with van der Waals surface area (Å²) in [6, 6.07) is 16.1. The molecular weight excluding hydrogens is 374 g/mol. The molecule has 0 aliphatic heterocycles. The van der Waals surface area contributed by atoms with Gasteiger partial charge in [-0.15, -0.1) is 0 Å². The second-order valence-electron chi connectivity index (χ2n) is 7.74. The molecule has 0 radical (unpaired) electrons. The van der Waals surface area contributed by atoms with Crippen LogP contribution >= 0.6 is 0 Å². The van der Waals surface area contributed by atoms with Crippen molar-refractivity contribution in [2.45, 2.75) is 71.9 Å². The summed E-state index contributed by atoms with van der Waals surface area (Å²) < 4.78 is 11.5. The summed E-state index contributed by atoms with van der Waals surface area (Å²) in [4.78, 5) is 14.8. The van der Waals surface area contributed by atoms with Gasteiger partial charge >= 0.3 is 0 Å². The maximum Gasteiger partial charge on any atom is 0.222 e. The van der Waals surface area contributed by atoms with Gasteiger partial charge in [-0.3, -0.25) is 4.79 Å². The number of nitrogens with zero attached hydrogens (tertiary/aromatic N) is 1. The Labute approximate surface area is 182 Å². The quantitative estimate of drug-likeness (QED) is 0.339. The van der Waals surface area contributed by atoms with E-state index in [1.807, 2.05) is 53.4 Å². The molecule has 0 saturated carbocycles. The van der Waals surface area contributed by atoms with Gasteiger partial charge < -0.3 is 14.4 Å². The zero-order valence-electron chi connectivity index (χ0n) is 18.9. The molecule has 0 aromatic heterocycles. The maximum absolute atomic E-state index is 12.8. The van der Waals surface area contributed by atoms with Gasteiger partial charge in [-0.05, 0) is 36.1 Å². The number of carbonyl (C=O) groups excluding carboxylic acids is 1. The molecule has 4 heteroatoms. The fourth-order valence-electron chi connectivity index (χ4n) is 3.39. The number of unbranched alkanes of at least 4 members (excludes halogenated alkanes) is 4.